The second kappa shape index (κ2) is 7.14. The van der Waals surface area contributed by atoms with Gasteiger partial charge in [0.25, 0.3) is 5.91 Å². The number of hydrogen-bond acceptors (Lipinski definition) is 6. The van der Waals surface area contributed by atoms with Gasteiger partial charge in [-0.15, -0.1) is 0 Å². The second-order valence-electron chi connectivity index (χ2n) is 6.72. The zero-order valence-corrected chi connectivity index (χ0v) is 15.3. The van der Waals surface area contributed by atoms with Crippen LogP contribution in [0.5, 0.6) is 0 Å². The predicted molar refractivity (Wildman–Crippen MR) is 101 cm³/mol. The molecule has 0 saturated carbocycles. The molecule has 3 aromatic heterocycles. The normalized spacial score (nSPS) is 16.5. The molecule has 1 fully saturated rings. The molecule has 8 nitrogen and oxygen atoms in total. The summed E-state index contributed by atoms with van der Waals surface area (Å²) in [6.07, 6.45) is 7.95. The highest BCUT2D eigenvalue weighted by atomic mass is 16.2. The first-order valence-electron chi connectivity index (χ1n) is 8.89. The lowest BCUT2D eigenvalue weighted by Crippen LogP contribution is -2.38. The van der Waals surface area contributed by atoms with Crippen molar-refractivity contribution in [1.29, 1.82) is 0 Å². The topological polar surface area (TPSA) is 88.8 Å². The summed E-state index contributed by atoms with van der Waals surface area (Å²) < 4.78 is 1.75. The van der Waals surface area contributed by atoms with Gasteiger partial charge in [-0.05, 0) is 31.0 Å². The Bertz CT molecular complexity index is 968. The average Bonchev–Trinajstić information content (AvgIpc) is 3.31. The minimum Gasteiger partial charge on any atom is -0.346 e. The van der Waals surface area contributed by atoms with Gasteiger partial charge in [-0.2, -0.15) is 5.10 Å². The van der Waals surface area contributed by atoms with Crippen molar-refractivity contribution in [3.05, 3.63) is 54.2 Å². The number of carbonyl (C=O) groups is 1. The molecule has 0 aromatic carbocycles. The van der Waals surface area contributed by atoms with Crippen LogP contribution >= 0.6 is 0 Å². The molecule has 4 rings (SSSR count). The van der Waals surface area contributed by atoms with Gasteiger partial charge >= 0.3 is 0 Å². The average molecular weight is 363 g/mol. The molecule has 1 N–H and O–H groups in total. The van der Waals surface area contributed by atoms with Crippen molar-refractivity contribution in [2.75, 3.05) is 18.0 Å². The molecular weight excluding hydrogens is 342 g/mol. The Hall–Kier alpha value is -3.29. The number of carbonyl (C=O) groups excluding carboxylic acids is 1. The molecule has 1 aliphatic rings. The molecular formula is C19H21N7O. The van der Waals surface area contributed by atoms with Gasteiger partial charge in [-0.3, -0.25) is 14.5 Å². The first-order chi connectivity index (χ1) is 13.1. The van der Waals surface area contributed by atoms with Crippen LogP contribution in [0.15, 0.2) is 43.0 Å². The Kier molecular flexibility index (Phi) is 4.53. The first-order valence-corrected chi connectivity index (χ1v) is 8.89. The molecule has 138 valence electrons. The zero-order valence-electron chi connectivity index (χ0n) is 15.3. The predicted octanol–water partition coefficient (Wildman–Crippen LogP) is 1.59. The minimum absolute atomic E-state index is 0.0459. The summed E-state index contributed by atoms with van der Waals surface area (Å²) in [6, 6.07) is 5.64. The van der Waals surface area contributed by atoms with Crippen molar-refractivity contribution < 1.29 is 4.79 Å². The summed E-state index contributed by atoms with van der Waals surface area (Å²) in [6.45, 7) is 3.36. The van der Waals surface area contributed by atoms with Crippen LogP contribution in [-0.4, -0.2) is 49.8 Å². The van der Waals surface area contributed by atoms with Gasteiger partial charge < -0.3 is 10.2 Å². The fraction of sp³-hybridized carbons (Fsp3) is 0.316. The van der Waals surface area contributed by atoms with Crippen LogP contribution < -0.4 is 10.2 Å². The molecule has 1 atom stereocenters. The lowest BCUT2D eigenvalue weighted by atomic mass is 10.2. The Morgan fingerprint density at radius 3 is 2.93 bits per heavy atom. The Labute approximate surface area is 157 Å². The maximum absolute atomic E-state index is 12.5. The minimum atomic E-state index is -0.134. The van der Waals surface area contributed by atoms with Crippen molar-refractivity contribution in [3.63, 3.8) is 0 Å². The number of pyridine rings is 1. The number of hydrogen-bond donors (Lipinski definition) is 1. The van der Waals surface area contributed by atoms with Crippen LogP contribution in [0.1, 0.15) is 22.5 Å². The maximum atomic E-state index is 12.5. The van der Waals surface area contributed by atoms with Crippen molar-refractivity contribution in [3.8, 4) is 11.3 Å². The van der Waals surface area contributed by atoms with E-state index in [4.69, 9.17) is 0 Å². The lowest BCUT2D eigenvalue weighted by Gasteiger charge is -2.17. The van der Waals surface area contributed by atoms with Crippen molar-refractivity contribution in [1.82, 2.24) is 30.0 Å². The van der Waals surface area contributed by atoms with E-state index < -0.39 is 0 Å². The monoisotopic (exact) mass is 363 g/mol. The van der Waals surface area contributed by atoms with E-state index in [0.717, 1.165) is 29.8 Å². The molecule has 0 radical (unpaired) electrons. The van der Waals surface area contributed by atoms with Gasteiger partial charge in [-0.1, -0.05) is 6.07 Å². The van der Waals surface area contributed by atoms with E-state index in [0.29, 0.717) is 18.2 Å². The molecule has 1 aliphatic heterocycles. The largest absolute Gasteiger partial charge is 0.346 e. The summed E-state index contributed by atoms with van der Waals surface area (Å²) in [7, 11) is 1.88. The number of aromatic nitrogens is 5. The third-order valence-electron chi connectivity index (χ3n) is 4.67. The van der Waals surface area contributed by atoms with E-state index in [2.05, 4.69) is 30.3 Å². The number of nitrogens with one attached hydrogen (secondary N) is 1. The third-order valence-corrected chi connectivity index (χ3v) is 4.67. The van der Waals surface area contributed by atoms with E-state index in [9.17, 15) is 4.79 Å². The van der Waals surface area contributed by atoms with E-state index in [-0.39, 0.29) is 11.9 Å². The molecule has 0 bridgehead atoms. The molecule has 27 heavy (non-hydrogen) atoms. The van der Waals surface area contributed by atoms with E-state index in [1.54, 1.807) is 23.3 Å². The molecule has 1 unspecified atom stereocenters. The number of amides is 1. The highest BCUT2D eigenvalue weighted by Gasteiger charge is 2.26. The molecule has 3 aromatic rings. The Morgan fingerprint density at radius 1 is 1.26 bits per heavy atom. The first kappa shape index (κ1) is 17.1. The summed E-state index contributed by atoms with van der Waals surface area (Å²) in [5, 5.41) is 7.26. The van der Waals surface area contributed by atoms with E-state index >= 15 is 0 Å². The third kappa shape index (κ3) is 3.64. The SMILES string of the molecule is Cc1cccnc1C(=O)NC1CCN(c2nccc(-c3cnn(C)c3)n2)C1. The zero-order chi connectivity index (χ0) is 18.8. The molecule has 8 heteroatoms. The van der Waals surface area contributed by atoms with Gasteiger partial charge in [0.1, 0.15) is 5.69 Å². The number of anilines is 1. The highest BCUT2D eigenvalue weighted by molar-refractivity contribution is 5.93. The number of rotatable bonds is 4. The molecule has 4 heterocycles. The van der Waals surface area contributed by atoms with Crippen LogP contribution in [0, 0.1) is 6.92 Å². The molecule has 0 aliphatic carbocycles. The van der Waals surface area contributed by atoms with Crippen molar-refractivity contribution in [2.24, 2.45) is 7.05 Å². The fourth-order valence-electron chi connectivity index (χ4n) is 3.25. The highest BCUT2D eigenvalue weighted by Crippen LogP contribution is 2.21. The Balaban J connectivity index is 1.44. The maximum Gasteiger partial charge on any atom is 0.270 e. The van der Waals surface area contributed by atoms with E-state index in [1.165, 1.54) is 0 Å². The van der Waals surface area contributed by atoms with Crippen LogP contribution in [0.4, 0.5) is 5.95 Å². The van der Waals surface area contributed by atoms with Gasteiger partial charge in [-0.25, -0.2) is 9.97 Å². The summed E-state index contributed by atoms with van der Waals surface area (Å²) in [4.78, 5) is 27.8. The molecule has 1 saturated heterocycles. The standard InChI is InChI=1S/C19H21N7O/c1-13-4-3-7-20-17(13)18(27)23-15-6-9-26(12-15)19-21-8-5-16(24-19)14-10-22-25(2)11-14/h3-5,7-8,10-11,15H,6,9,12H2,1-2H3,(H,23,27). The van der Waals surface area contributed by atoms with Crippen LogP contribution in [-0.2, 0) is 7.05 Å². The van der Waals surface area contributed by atoms with E-state index in [1.807, 2.05) is 38.4 Å². The smallest absolute Gasteiger partial charge is 0.270 e. The Morgan fingerprint density at radius 2 is 2.15 bits per heavy atom. The van der Waals surface area contributed by atoms with Crippen LogP contribution in [0.3, 0.4) is 0 Å². The number of nitrogens with zero attached hydrogens (tertiary/aromatic N) is 6. The van der Waals surface area contributed by atoms with Crippen molar-refractivity contribution in [2.45, 2.75) is 19.4 Å². The van der Waals surface area contributed by atoms with Gasteiger partial charge in [0.2, 0.25) is 5.95 Å². The second-order valence-corrected chi connectivity index (χ2v) is 6.72. The van der Waals surface area contributed by atoms with Gasteiger partial charge in [0, 0.05) is 50.3 Å². The van der Waals surface area contributed by atoms with Gasteiger partial charge in [0.15, 0.2) is 0 Å². The quantitative estimate of drug-likeness (QED) is 0.757. The number of aryl methyl sites for hydroxylation is 2. The summed E-state index contributed by atoms with van der Waals surface area (Å²) in [5.74, 6) is 0.534. The lowest BCUT2D eigenvalue weighted by molar-refractivity contribution is 0.0934. The van der Waals surface area contributed by atoms with Crippen molar-refractivity contribution >= 4 is 11.9 Å². The summed E-state index contributed by atoms with van der Waals surface area (Å²) >= 11 is 0. The molecule has 1 amide bonds. The molecule has 0 spiro atoms. The fourth-order valence-corrected chi connectivity index (χ4v) is 3.25. The van der Waals surface area contributed by atoms with Gasteiger partial charge in [0.05, 0.1) is 11.9 Å². The summed E-state index contributed by atoms with van der Waals surface area (Å²) in [5.41, 5.74) is 3.14. The van der Waals surface area contributed by atoms with Crippen LogP contribution in [0.2, 0.25) is 0 Å². The van der Waals surface area contributed by atoms with Crippen LogP contribution in [0.25, 0.3) is 11.3 Å².